The van der Waals surface area contributed by atoms with E-state index in [0.29, 0.717) is 5.84 Å². The summed E-state index contributed by atoms with van der Waals surface area (Å²) in [6, 6.07) is 0. The molecule has 4 heteroatoms. The van der Waals surface area contributed by atoms with Crippen molar-refractivity contribution in [2.75, 3.05) is 7.11 Å². The molecular formula is C4H8N2OS. The normalized spacial score (nSPS) is 10.5. The first kappa shape index (κ1) is 7.36. The maximum absolute atomic E-state index is 4.47. The lowest BCUT2D eigenvalue weighted by Crippen LogP contribution is -2.16. The van der Waals surface area contributed by atoms with Crippen LogP contribution >= 0.6 is 12.2 Å². The fourth-order valence-corrected chi connectivity index (χ4v) is 0.419. The van der Waals surface area contributed by atoms with Crippen molar-refractivity contribution in [1.29, 1.82) is 0 Å². The minimum Gasteiger partial charge on any atom is -0.398 e. The molecule has 0 radical (unpaired) electrons. The molecular weight excluding hydrogens is 124 g/mol. The number of hydrogen-bond donors (Lipinski definition) is 1. The average Bonchev–Trinajstić information content (AvgIpc) is 1.68. The van der Waals surface area contributed by atoms with Gasteiger partial charge < -0.3 is 10.2 Å². The Hall–Kier alpha value is -0.640. The molecule has 0 aromatic rings. The van der Waals surface area contributed by atoms with Gasteiger partial charge in [0.1, 0.15) is 12.9 Å². The molecule has 0 saturated carbocycles. The fourth-order valence-electron chi connectivity index (χ4n) is 0.249. The minimum atomic E-state index is 0.655. The molecule has 0 spiro atoms. The van der Waals surface area contributed by atoms with Gasteiger partial charge >= 0.3 is 0 Å². The van der Waals surface area contributed by atoms with Crippen LogP contribution in [0.4, 0.5) is 0 Å². The van der Waals surface area contributed by atoms with Crippen LogP contribution < -0.4 is 5.32 Å². The molecule has 1 N–H and O–H groups in total. The Morgan fingerprint density at radius 3 is 2.88 bits per heavy atom. The van der Waals surface area contributed by atoms with Gasteiger partial charge in [0.2, 0.25) is 0 Å². The number of amidine groups is 1. The minimum absolute atomic E-state index is 0.655. The molecule has 0 fully saturated rings. The van der Waals surface area contributed by atoms with Gasteiger partial charge in [0.15, 0.2) is 0 Å². The van der Waals surface area contributed by atoms with Crippen LogP contribution in [0.2, 0.25) is 0 Å². The van der Waals surface area contributed by atoms with Crippen molar-refractivity contribution in [1.82, 2.24) is 5.32 Å². The summed E-state index contributed by atoms with van der Waals surface area (Å²) in [7, 11) is 1.48. The first-order chi connectivity index (χ1) is 3.81. The van der Waals surface area contributed by atoms with E-state index in [4.69, 9.17) is 0 Å². The zero-order chi connectivity index (χ0) is 6.41. The van der Waals surface area contributed by atoms with E-state index < -0.39 is 0 Å². The van der Waals surface area contributed by atoms with Gasteiger partial charge in [-0.15, -0.1) is 0 Å². The molecule has 0 aromatic carbocycles. The van der Waals surface area contributed by atoms with Gasteiger partial charge in [-0.05, 0) is 6.92 Å². The van der Waals surface area contributed by atoms with Crippen LogP contribution in [0.3, 0.4) is 0 Å². The summed E-state index contributed by atoms with van der Waals surface area (Å²) in [5.41, 5.74) is 1.37. The second-order valence-corrected chi connectivity index (χ2v) is 1.36. The van der Waals surface area contributed by atoms with Crippen LogP contribution in [0.15, 0.2) is 5.16 Å². The van der Waals surface area contributed by atoms with Crippen molar-refractivity contribution < 1.29 is 4.84 Å². The molecule has 0 unspecified atom stereocenters. The Kier molecular flexibility index (Phi) is 4.16. The van der Waals surface area contributed by atoms with Gasteiger partial charge in [-0.25, -0.2) is 0 Å². The molecule has 0 rings (SSSR count). The lowest BCUT2D eigenvalue weighted by Gasteiger charge is -1.93. The van der Waals surface area contributed by atoms with Crippen LogP contribution in [0.5, 0.6) is 0 Å². The van der Waals surface area contributed by atoms with Crippen LogP contribution in [0.1, 0.15) is 6.92 Å². The summed E-state index contributed by atoms with van der Waals surface area (Å²) in [5.74, 6) is 0.655. The maximum atomic E-state index is 4.47. The van der Waals surface area contributed by atoms with Gasteiger partial charge in [0, 0.05) is 0 Å². The van der Waals surface area contributed by atoms with Crippen molar-refractivity contribution in [2.45, 2.75) is 6.92 Å². The quantitative estimate of drug-likeness (QED) is 0.257. The van der Waals surface area contributed by atoms with Crippen molar-refractivity contribution in [3.05, 3.63) is 0 Å². The first-order valence-corrected chi connectivity index (χ1v) is 2.56. The zero-order valence-corrected chi connectivity index (χ0v) is 5.66. The molecule has 3 nitrogen and oxygen atoms in total. The molecule has 0 aliphatic rings. The Morgan fingerprint density at radius 2 is 2.50 bits per heavy atom. The highest BCUT2D eigenvalue weighted by molar-refractivity contribution is 7.78. The second kappa shape index (κ2) is 4.52. The lowest BCUT2D eigenvalue weighted by atomic mass is 10.7. The third kappa shape index (κ3) is 3.55. The maximum Gasteiger partial charge on any atom is 0.143 e. The van der Waals surface area contributed by atoms with E-state index in [1.165, 1.54) is 12.6 Å². The Morgan fingerprint density at radius 1 is 1.88 bits per heavy atom. The van der Waals surface area contributed by atoms with Crippen LogP contribution in [-0.4, -0.2) is 18.4 Å². The summed E-state index contributed by atoms with van der Waals surface area (Å²) in [6.45, 7) is 1.76. The average molecular weight is 132 g/mol. The third-order valence-electron chi connectivity index (χ3n) is 0.496. The summed E-state index contributed by atoms with van der Waals surface area (Å²) >= 11 is 4.47. The van der Waals surface area contributed by atoms with E-state index in [1.807, 2.05) is 0 Å². The van der Waals surface area contributed by atoms with Crippen LogP contribution in [-0.2, 0) is 4.84 Å². The summed E-state index contributed by atoms with van der Waals surface area (Å²) in [5, 5.41) is 6.18. The van der Waals surface area contributed by atoms with Crippen LogP contribution in [0.25, 0.3) is 0 Å². The monoisotopic (exact) mass is 132 g/mol. The molecule has 0 bridgehead atoms. The molecule has 0 saturated heterocycles. The van der Waals surface area contributed by atoms with Gasteiger partial charge in [0.05, 0.1) is 5.49 Å². The largest absolute Gasteiger partial charge is 0.398 e. The lowest BCUT2D eigenvalue weighted by molar-refractivity contribution is 0.212. The van der Waals surface area contributed by atoms with Crippen molar-refractivity contribution >= 4 is 23.5 Å². The molecule has 0 aliphatic heterocycles. The highest BCUT2D eigenvalue weighted by Crippen LogP contribution is 1.69. The standard InChI is InChI=1S/C4H8N2OS/c1-4(5-3-8)6-7-2/h3H,1-2H3,(H,5,6,8). The number of nitrogens with one attached hydrogen (secondary N) is 1. The first-order valence-electron chi connectivity index (χ1n) is 2.09. The molecule has 8 heavy (non-hydrogen) atoms. The highest BCUT2D eigenvalue weighted by atomic mass is 32.1. The molecule has 0 amide bonds. The van der Waals surface area contributed by atoms with Gasteiger partial charge in [-0.1, -0.05) is 17.4 Å². The summed E-state index contributed by atoms with van der Waals surface area (Å²) in [6.07, 6.45) is 0. The highest BCUT2D eigenvalue weighted by Gasteiger charge is 1.80. The molecule has 0 atom stereocenters. The summed E-state index contributed by atoms with van der Waals surface area (Å²) < 4.78 is 0. The number of rotatable bonds is 2. The van der Waals surface area contributed by atoms with E-state index in [9.17, 15) is 0 Å². The third-order valence-corrected chi connectivity index (χ3v) is 0.614. The van der Waals surface area contributed by atoms with E-state index in [2.05, 4.69) is 27.5 Å². The number of hydrogen-bond acceptors (Lipinski definition) is 3. The van der Waals surface area contributed by atoms with E-state index in [1.54, 1.807) is 6.92 Å². The predicted molar refractivity (Wildman–Crippen MR) is 36.9 cm³/mol. The van der Waals surface area contributed by atoms with Gasteiger partial charge in [-0.3, -0.25) is 0 Å². The van der Waals surface area contributed by atoms with E-state index in [0.717, 1.165) is 0 Å². The van der Waals surface area contributed by atoms with Crippen molar-refractivity contribution in [3.8, 4) is 0 Å². The zero-order valence-electron chi connectivity index (χ0n) is 4.84. The van der Waals surface area contributed by atoms with E-state index >= 15 is 0 Å². The number of nitrogens with zero attached hydrogens (tertiary/aromatic N) is 1. The van der Waals surface area contributed by atoms with Gasteiger partial charge in [0.25, 0.3) is 0 Å². The predicted octanol–water partition coefficient (Wildman–Crippen LogP) is 0.513. The Labute approximate surface area is 53.7 Å². The second-order valence-electron chi connectivity index (χ2n) is 1.12. The SMILES string of the molecule is CO/N=C(/C)NC=S. The molecule has 0 heterocycles. The van der Waals surface area contributed by atoms with Crippen molar-refractivity contribution in [3.63, 3.8) is 0 Å². The number of oxime groups is 1. The van der Waals surface area contributed by atoms with Crippen molar-refractivity contribution in [2.24, 2.45) is 5.16 Å². The smallest absolute Gasteiger partial charge is 0.143 e. The van der Waals surface area contributed by atoms with Gasteiger partial charge in [-0.2, -0.15) is 0 Å². The summed E-state index contributed by atoms with van der Waals surface area (Å²) in [4.78, 5) is 4.42. The molecule has 46 valence electrons. The molecule has 0 aromatic heterocycles. The Balaban J connectivity index is 3.44. The molecule has 0 aliphatic carbocycles. The fraction of sp³-hybridized carbons (Fsp3) is 0.500. The Bertz CT molecular complexity index is 102. The topological polar surface area (TPSA) is 33.6 Å². The van der Waals surface area contributed by atoms with Crippen LogP contribution in [0, 0.1) is 0 Å². The number of thiocarbonyl (C=S) groups is 1. The van der Waals surface area contributed by atoms with E-state index in [-0.39, 0.29) is 0 Å².